The first-order chi connectivity index (χ1) is 16.1. The van der Waals surface area contributed by atoms with Gasteiger partial charge in [0.1, 0.15) is 12.3 Å². The summed E-state index contributed by atoms with van der Waals surface area (Å²) in [7, 11) is 0. The lowest BCUT2D eigenvalue weighted by atomic mass is 10.0. The van der Waals surface area contributed by atoms with Crippen LogP contribution < -0.4 is 4.74 Å². The number of hydrogen-bond donors (Lipinski definition) is 0. The van der Waals surface area contributed by atoms with Crippen LogP contribution in [0.15, 0.2) is 60.9 Å². The molecule has 1 aliphatic heterocycles. The van der Waals surface area contributed by atoms with Gasteiger partial charge in [0.05, 0.1) is 17.1 Å². The predicted molar refractivity (Wildman–Crippen MR) is 122 cm³/mol. The average Bonchev–Trinajstić information content (AvgIpc) is 3.23. The summed E-state index contributed by atoms with van der Waals surface area (Å²) in [6.07, 6.45) is 3.94. The van der Waals surface area contributed by atoms with Crippen molar-refractivity contribution in [1.82, 2.24) is 29.9 Å². The highest BCUT2D eigenvalue weighted by molar-refractivity contribution is 6.30. The summed E-state index contributed by atoms with van der Waals surface area (Å²) in [5.74, 6) is 0.535. The van der Waals surface area contributed by atoms with Crippen LogP contribution in [0.25, 0.3) is 5.69 Å². The van der Waals surface area contributed by atoms with E-state index in [4.69, 9.17) is 16.3 Å². The molecule has 4 aromatic rings. The van der Waals surface area contributed by atoms with Gasteiger partial charge in [0.15, 0.2) is 0 Å². The van der Waals surface area contributed by atoms with E-state index in [1.807, 2.05) is 48.2 Å². The maximum atomic E-state index is 12.7. The Morgan fingerprint density at radius 1 is 1.09 bits per heavy atom. The molecule has 0 fully saturated rings. The first kappa shape index (κ1) is 21.1. The lowest BCUT2D eigenvalue weighted by Gasteiger charge is -2.28. The van der Waals surface area contributed by atoms with Crippen molar-refractivity contribution >= 4 is 17.5 Å². The Morgan fingerprint density at radius 3 is 2.67 bits per heavy atom. The average molecular weight is 461 g/mol. The molecule has 0 aliphatic carbocycles. The number of aryl methyl sites for hydroxylation is 1. The lowest BCUT2D eigenvalue weighted by molar-refractivity contribution is 0.0733. The van der Waals surface area contributed by atoms with Crippen molar-refractivity contribution in [2.45, 2.75) is 26.5 Å². The normalized spacial score (nSPS) is 13.0. The van der Waals surface area contributed by atoms with Crippen molar-refractivity contribution in [3.8, 4) is 11.6 Å². The number of amides is 1. The van der Waals surface area contributed by atoms with Gasteiger partial charge in [0.2, 0.25) is 5.88 Å². The molecule has 9 heteroatoms. The Balaban J connectivity index is 1.28. The van der Waals surface area contributed by atoms with Crippen molar-refractivity contribution in [2.24, 2.45) is 0 Å². The van der Waals surface area contributed by atoms with Gasteiger partial charge >= 0.3 is 0 Å². The first-order valence-electron chi connectivity index (χ1n) is 10.6. The van der Waals surface area contributed by atoms with Gasteiger partial charge < -0.3 is 9.64 Å². The predicted octanol–water partition coefficient (Wildman–Crippen LogP) is 3.80. The Morgan fingerprint density at radius 2 is 1.88 bits per heavy atom. The largest absolute Gasteiger partial charge is 0.471 e. The molecule has 5 rings (SSSR count). The number of carbonyl (C=O) groups is 1. The number of aromatic nitrogens is 5. The second-order valence-electron chi connectivity index (χ2n) is 7.77. The number of hydrogen-bond acceptors (Lipinski definition) is 6. The van der Waals surface area contributed by atoms with E-state index in [9.17, 15) is 4.79 Å². The monoisotopic (exact) mass is 460 g/mol. The number of pyridine rings is 2. The summed E-state index contributed by atoms with van der Waals surface area (Å²) < 4.78 is 7.74. The zero-order valence-corrected chi connectivity index (χ0v) is 18.7. The molecular formula is C24H21ClN6O2. The molecule has 1 amide bonds. The number of fused-ring (bicyclic) bond motifs is 1. The molecule has 8 nitrogen and oxygen atoms in total. The highest BCUT2D eigenvalue weighted by Crippen LogP contribution is 2.23. The molecule has 1 aromatic carbocycles. The smallest absolute Gasteiger partial charge is 0.254 e. The van der Waals surface area contributed by atoms with E-state index in [2.05, 4.69) is 20.3 Å². The molecule has 3 aromatic heterocycles. The molecule has 0 radical (unpaired) electrons. The van der Waals surface area contributed by atoms with E-state index in [-0.39, 0.29) is 12.5 Å². The Hall–Kier alpha value is -3.78. The summed E-state index contributed by atoms with van der Waals surface area (Å²) in [6.45, 7) is 3.31. The van der Waals surface area contributed by atoms with Crippen LogP contribution in [-0.2, 0) is 19.6 Å². The van der Waals surface area contributed by atoms with Crippen molar-refractivity contribution in [3.63, 3.8) is 0 Å². The second kappa shape index (κ2) is 8.99. The molecule has 0 spiro atoms. The van der Waals surface area contributed by atoms with E-state index in [1.165, 1.54) is 0 Å². The van der Waals surface area contributed by atoms with Crippen molar-refractivity contribution in [2.75, 3.05) is 6.54 Å². The third-order valence-corrected chi connectivity index (χ3v) is 5.87. The zero-order chi connectivity index (χ0) is 22.8. The Bertz CT molecular complexity index is 1290. The van der Waals surface area contributed by atoms with Gasteiger partial charge in [-0.05, 0) is 48.9 Å². The molecule has 0 bridgehead atoms. The molecule has 4 heterocycles. The van der Waals surface area contributed by atoms with Crippen LogP contribution in [0.4, 0.5) is 0 Å². The van der Waals surface area contributed by atoms with Gasteiger partial charge in [-0.3, -0.25) is 9.78 Å². The summed E-state index contributed by atoms with van der Waals surface area (Å²) in [6, 6.07) is 14.7. The highest BCUT2D eigenvalue weighted by atomic mass is 35.5. The summed E-state index contributed by atoms with van der Waals surface area (Å²) in [5, 5.41) is 9.08. The molecular weight excluding hydrogens is 440 g/mol. The number of rotatable bonds is 5. The first-order valence-corrected chi connectivity index (χ1v) is 10.9. The molecule has 1 aliphatic rings. The molecule has 0 atom stereocenters. The minimum absolute atomic E-state index is 0.00168. The number of halogens is 1. The second-order valence-corrected chi connectivity index (χ2v) is 8.20. The van der Waals surface area contributed by atoms with Gasteiger partial charge in [-0.15, -0.1) is 5.10 Å². The van der Waals surface area contributed by atoms with Crippen LogP contribution in [0, 0.1) is 6.92 Å². The van der Waals surface area contributed by atoms with E-state index >= 15 is 0 Å². The van der Waals surface area contributed by atoms with Crippen molar-refractivity contribution < 1.29 is 9.53 Å². The fraction of sp³-hybridized carbons (Fsp3) is 0.208. The maximum Gasteiger partial charge on any atom is 0.254 e. The fourth-order valence-electron chi connectivity index (χ4n) is 3.80. The van der Waals surface area contributed by atoms with E-state index in [0.29, 0.717) is 36.0 Å². The number of benzene rings is 1. The molecule has 0 N–H and O–H groups in total. The van der Waals surface area contributed by atoms with Crippen LogP contribution in [0.2, 0.25) is 5.02 Å². The Labute approximate surface area is 195 Å². The molecule has 166 valence electrons. The van der Waals surface area contributed by atoms with Crippen molar-refractivity contribution in [3.05, 3.63) is 94.2 Å². The summed E-state index contributed by atoms with van der Waals surface area (Å²) in [5.41, 5.74) is 5.10. The number of nitrogens with zero attached hydrogens (tertiary/aromatic N) is 6. The molecule has 0 saturated heterocycles. The third-order valence-electron chi connectivity index (χ3n) is 5.62. The third kappa shape index (κ3) is 4.42. The number of ether oxygens (including phenoxy) is 1. The van der Waals surface area contributed by atoms with Crippen molar-refractivity contribution in [1.29, 1.82) is 0 Å². The minimum Gasteiger partial charge on any atom is -0.471 e. The van der Waals surface area contributed by atoms with Crippen LogP contribution >= 0.6 is 11.6 Å². The van der Waals surface area contributed by atoms with E-state index < -0.39 is 0 Å². The lowest BCUT2D eigenvalue weighted by Crippen LogP contribution is -2.36. The van der Waals surface area contributed by atoms with Crippen LogP contribution in [0.3, 0.4) is 0 Å². The molecule has 0 unspecified atom stereocenters. The highest BCUT2D eigenvalue weighted by Gasteiger charge is 2.23. The molecule has 0 saturated carbocycles. The quantitative estimate of drug-likeness (QED) is 0.450. The SMILES string of the molecule is Cc1nnn(-c2ccc(Cl)cc2)c1COc1ccc2c(n1)CCN(C(=O)c1ccncc1)C2. The van der Waals surface area contributed by atoms with Crippen LogP contribution in [-0.4, -0.2) is 42.3 Å². The maximum absolute atomic E-state index is 12.7. The van der Waals surface area contributed by atoms with Gasteiger partial charge in [-0.1, -0.05) is 22.9 Å². The summed E-state index contributed by atoms with van der Waals surface area (Å²) >= 11 is 6.00. The van der Waals surface area contributed by atoms with Gasteiger partial charge in [-0.25, -0.2) is 9.67 Å². The van der Waals surface area contributed by atoms with E-state index in [0.717, 1.165) is 28.3 Å². The van der Waals surface area contributed by atoms with E-state index in [1.54, 1.807) is 29.2 Å². The standard InChI is InChI=1S/C24H21ClN6O2/c1-16-22(31(29-28-16)20-5-3-19(25)4-6-20)15-33-23-7-2-18-14-30(13-10-21(18)27-23)24(32)17-8-11-26-12-9-17/h2-9,11-12H,10,13-15H2,1H3. The minimum atomic E-state index is 0.00168. The van der Waals surface area contributed by atoms with Gasteiger partial charge in [0, 0.05) is 48.6 Å². The fourth-order valence-corrected chi connectivity index (χ4v) is 3.93. The van der Waals surface area contributed by atoms with Gasteiger partial charge in [-0.2, -0.15) is 0 Å². The number of carbonyl (C=O) groups excluding carboxylic acids is 1. The van der Waals surface area contributed by atoms with Crippen LogP contribution in [0.5, 0.6) is 5.88 Å². The summed E-state index contributed by atoms with van der Waals surface area (Å²) in [4.78, 5) is 23.2. The van der Waals surface area contributed by atoms with Gasteiger partial charge in [0.25, 0.3) is 5.91 Å². The topological polar surface area (TPSA) is 86.0 Å². The Kier molecular flexibility index (Phi) is 5.75. The van der Waals surface area contributed by atoms with Crippen LogP contribution in [0.1, 0.15) is 33.0 Å². The molecule has 33 heavy (non-hydrogen) atoms. The zero-order valence-electron chi connectivity index (χ0n) is 18.0.